The maximum atomic E-state index is 12.5. The van der Waals surface area contributed by atoms with E-state index in [1.807, 2.05) is 11.8 Å². The van der Waals surface area contributed by atoms with E-state index in [1.54, 1.807) is 0 Å². The highest BCUT2D eigenvalue weighted by Crippen LogP contribution is 2.34. The summed E-state index contributed by atoms with van der Waals surface area (Å²) >= 11 is 0. The van der Waals surface area contributed by atoms with E-state index in [4.69, 9.17) is 4.74 Å². The normalized spacial score (nSPS) is 16.5. The quantitative estimate of drug-likeness (QED) is 0.793. The molecule has 94 valence electrons. The predicted molar refractivity (Wildman–Crippen MR) is 57.6 cm³/mol. The van der Waals surface area contributed by atoms with Gasteiger partial charge in [-0.05, 0) is 24.6 Å². The SMILES string of the molecule is CCCN1COc2ccc(C(F)(F)F)cc2C1. The van der Waals surface area contributed by atoms with Gasteiger partial charge in [0.1, 0.15) is 12.5 Å². The average Bonchev–Trinajstić information content (AvgIpc) is 2.27. The van der Waals surface area contributed by atoms with Crippen molar-refractivity contribution in [3.63, 3.8) is 0 Å². The van der Waals surface area contributed by atoms with Crippen LogP contribution < -0.4 is 4.74 Å². The summed E-state index contributed by atoms with van der Waals surface area (Å²) in [5.74, 6) is 0.561. The first kappa shape index (κ1) is 12.2. The smallest absolute Gasteiger partial charge is 0.416 e. The summed E-state index contributed by atoms with van der Waals surface area (Å²) in [5, 5.41) is 0. The molecule has 1 aliphatic heterocycles. The summed E-state index contributed by atoms with van der Waals surface area (Å²) in [4.78, 5) is 1.99. The Morgan fingerprint density at radius 1 is 1.35 bits per heavy atom. The monoisotopic (exact) mass is 245 g/mol. The minimum atomic E-state index is -4.29. The summed E-state index contributed by atoms with van der Waals surface area (Å²) in [6, 6.07) is 3.65. The predicted octanol–water partition coefficient (Wildman–Crippen LogP) is 3.27. The van der Waals surface area contributed by atoms with E-state index in [1.165, 1.54) is 12.1 Å². The highest BCUT2D eigenvalue weighted by Gasteiger charge is 2.31. The number of ether oxygens (including phenoxy) is 1. The fourth-order valence-electron chi connectivity index (χ4n) is 1.93. The molecule has 0 amide bonds. The van der Waals surface area contributed by atoms with Gasteiger partial charge in [0, 0.05) is 18.7 Å². The van der Waals surface area contributed by atoms with Gasteiger partial charge in [0.25, 0.3) is 0 Å². The zero-order valence-corrected chi connectivity index (χ0v) is 9.55. The first-order chi connectivity index (χ1) is 8.00. The zero-order chi connectivity index (χ0) is 12.5. The van der Waals surface area contributed by atoms with Gasteiger partial charge < -0.3 is 4.74 Å². The van der Waals surface area contributed by atoms with Crippen molar-refractivity contribution in [3.8, 4) is 5.75 Å². The molecule has 0 radical (unpaired) electrons. The molecule has 0 aliphatic carbocycles. The molecular formula is C12H14F3NO. The van der Waals surface area contributed by atoms with E-state index in [-0.39, 0.29) is 0 Å². The van der Waals surface area contributed by atoms with E-state index >= 15 is 0 Å². The third-order valence-electron chi connectivity index (χ3n) is 2.72. The first-order valence-corrected chi connectivity index (χ1v) is 5.56. The molecule has 1 aromatic rings. The number of rotatable bonds is 2. The van der Waals surface area contributed by atoms with Gasteiger partial charge in [0.05, 0.1) is 5.56 Å². The Kier molecular flexibility index (Phi) is 3.28. The lowest BCUT2D eigenvalue weighted by Crippen LogP contribution is -2.32. The topological polar surface area (TPSA) is 12.5 Å². The van der Waals surface area contributed by atoms with Gasteiger partial charge >= 0.3 is 6.18 Å². The number of hydrogen-bond acceptors (Lipinski definition) is 2. The maximum absolute atomic E-state index is 12.5. The largest absolute Gasteiger partial charge is 0.478 e. The molecule has 1 aromatic carbocycles. The van der Waals surface area contributed by atoms with Crippen LogP contribution in [0.5, 0.6) is 5.75 Å². The molecule has 0 spiro atoms. The third kappa shape index (κ3) is 2.72. The summed E-state index contributed by atoms with van der Waals surface area (Å²) in [7, 11) is 0. The minimum Gasteiger partial charge on any atom is -0.478 e. The lowest BCUT2D eigenvalue weighted by atomic mass is 10.1. The van der Waals surface area contributed by atoms with Crippen molar-refractivity contribution in [1.29, 1.82) is 0 Å². The van der Waals surface area contributed by atoms with Crippen LogP contribution in [0.1, 0.15) is 24.5 Å². The van der Waals surface area contributed by atoms with Gasteiger partial charge in [-0.3, -0.25) is 4.90 Å². The number of alkyl halides is 3. The molecular weight excluding hydrogens is 231 g/mol. The van der Waals surface area contributed by atoms with Crippen molar-refractivity contribution in [2.45, 2.75) is 26.1 Å². The molecule has 0 fully saturated rings. The van der Waals surface area contributed by atoms with Crippen LogP contribution in [0.2, 0.25) is 0 Å². The van der Waals surface area contributed by atoms with Crippen molar-refractivity contribution >= 4 is 0 Å². The molecule has 5 heteroatoms. The molecule has 0 atom stereocenters. The number of halogens is 3. The lowest BCUT2D eigenvalue weighted by Gasteiger charge is -2.29. The third-order valence-corrected chi connectivity index (χ3v) is 2.72. The number of fused-ring (bicyclic) bond motifs is 1. The second kappa shape index (κ2) is 4.56. The first-order valence-electron chi connectivity index (χ1n) is 5.56. The van der Waals surface area contributed by atoms with Crippen molar-refractivity contribution in [2.24, 2.45) is 0 Å². The Hall–Kier alpha value is -1.23. The second-order valence-electron chi connectivity index (χ2n) is 4.15. The summed E-state index contributed by atoms with van der Waals surface area (Å²) in [5.41, 5.74) is -0.00211. The number of hydrogen-bond donors (Lipinski definition) is 0. The summed E-state index contributed by atoms with van der Waals surface area (Å²) < 4.78 is 43.1. The Morgan fingerprint density at radius 3 is 2.76 bits per heavy atom. The van der Waals surface area contributed by atoms with Crippen LogP contribution in [0.15, 0.2) is 18.2 Å². The van der Waals surface area contributed by atoms with Crippen LogP contribution in [-0.2, 0) is 12.7 Å². The van der Waals surface area contributed by atoms with Gasteiger partial charge in [0.15, 0.2) is 0 Å². The average molecular weight is 245 g/mol. The highest BCUT2D eigenvalue weighted by atomic mass is 19.4. The molecule has 0 aromatic heterocycles. The van der Waals surface area contributed by atoms with E-state index in [0.717, 1.165) is 19.0 Å². The molecule has 2 nitrogen and oxygen atoms in total. The molecule has 0 unspecified atom stereocenters. The number of benzene rings is 1. The molecule has 0 saturated heterocycles. The Labute approximate surface area is 98.0 Å². The van der Waals surface area contributed by atoms with Crippen LogP contribution in [0.3, 0.4) is 0 Å². The summed E-state index contributed by atoms with van der Waals surface area (Å²) in [6.45, 7) is 3.83. The van der Waals surface area contributed by atoms with Gasteiger partial charge in [-0.25, -0.2) is 0 Å². The van der Waals surface area contributed by atoms with E-state index in [2.05, 4.69) is 0 Å². The van der Waals surface area contributed by atoms with Crippen molar-refractivity contribution < 1.29 is 17.9 Å². The molecule has 1 heterocycles. The Bertz CT molecular complexity index is 403. The molecule has 1 aliphatic rings. The second-order valence-corrected chi connectivity index (χ2v) is 4.15. The Balaban J connectivity index is 2.23. The van der Waals surface area contributed by atoms with Crippen LogP contribution in [0.25, 0.3) is 0 Å². The molecule has 17 heavy (non-hydrogen) atoms. The van der Waals surface area contributed by atoms with Gasteiger partial charge in [0.2, 0.25) is 0 Å². The van der Waals surface area contributed by atoms with E-state index in [9.17, 15) is 13.2 Å². The van der Waals surface area contributed by atoms with Crippen LogP contribution in [-0.4, -0.2) is 18.2 Å². The minimum absolute atomic E-state index is 0.451. The standard InChI is InChI=1S/C12H14F3NO/c1-2-5-16-7-9-6-10(12(13,14)15)3-4-11(9)17-8-16/h3-4,6H,2,5,7-8H2,1H3. The van der Waals surface area contributed by atoms with Crippen LogP contribution in [0, 0.1) is 0 Å². The number of nitrogens with zero attached hydrogens (tertiary/aromatic N) is 1. The fraction of sp³-hybridized carbons (Fsp3) is 0.500. The maximum Gasteiger partial charge on any atom is 0.416 e. The molecule has 2 rings (SSSR count). The van der Waals surface area contributed by atoms with Crippen molar-refractivity contribution in [1.82, 2.24) is 4.90 Å². The van der Waals surface area contributed by atoms with Crippen molar-refractivity contribution in [3.05, 3.63) is 29.3 Å². The van der Waals surface area contributed by atoms with Gasteiger partial charge in [-0.2, -0.15) is 13.2 Å². The highest BCUT2D eigenvalue weighted by molar-refractivity contribution is 5.39. The Morgan fingerprint density at radius 2 is 2.12 bits per heavy atom. The zero-order valence-electron chi connectivity index (χ0n) is 9.55. The van der Waals surface area contributed by atoms with Gasteiger partial charge in [-0.1, -0.05) is 6.92 Å². The fourth-order valence-corrected chi connectivity index (χ4v) is 1.93. The van der Waals surface area contributed by atoms with E-state index in [0.29, 0.717) is 24.6 Å². The lowest BCUT2D eigenvalue weighted by molar-refractivity contribution is -0.137. The molecule has 0 bridgehead atoms. The van der Waals surface area contributed by atoms with Crippen molar-refractivity contribution in [2.75, 3.05) is 13.3 Å². The van der Waals surface area contributed by atoms with Crippen LogP contribution in [0.4, 0.5) is 13.2 Å². The summed E-state index contributed by atoms with van der Waals surface area (Å²) in [6.07, 6.45) is -3.33. The van der Waals surface area contributed by atoms with Gasteiger partial charge in [-0.15, -0.1) is 0 Å². The molecule has 0 N–H and O–H groups in total. The van der Waals surface area contributed by atoms with E-state index < -0.39 is 11.7 Å². The molecule has 0 saturated carbocycles. The van der Waals surface area contributed by atoms with Crippen LogP contribution >= 0.6 is 0 Å².